The second-order valence-corrected chi connectivity index (χ2v) is 4.84. The lowest BCUT2D eigenvalue weighted by atomic mass is 10.3. The van der Waals surface area contributed by atoms with Crippen molar-refractivity contribution in [2.45, 2.75) is 0 Å². The molecule has 0 aliphatic rings. The molecule has 4 nitrogen and oxygen atoms in total. The lowest BCUT2D eigenvalue weighted by molar-refractivity contribution is 0.421. The molecular weight excluding hydrogens is 226 g/mol. The van der Waals surface area contributed by atoms with Gasteiger partial charge in [0.2, 0.25) is 0 Å². The van der Waals surface area contributed by atoms with Crippen molar-refractivity contribution in [3.63, 3.8) is 0 Å². The van der Waals surface area contributed by atoms with Crippen LogP contribution in [0.4, 0.5) is 0 Å². The summed E-state index contributed by atoms with van der Waals surface area (Å²) in [5.41, 5.74) is 0. The van der Waals surface area contributed by atoms with E-state index in [4.69, 9.17) is 15.8 Å². The number of benzene rings is 1. The van der Waals surface area contributed by atoms with Crippen molar-refractivity contribution >= 4 is 21.9 Å². The van der Waals surface area contributed by atoms with E-state index in [2.05, 4.69) is 6.07 Å². The van der Waals surface area contributed by atoms with E-state index in [1.54, 1.807) is 0 Å². The first-order valence-corrected chi connectivity index (χ1v) is 5.45. The van der Waals surface area contributed by atoms with E-state index in [1.807, 2.05) is 0 Å². The van der Waals surface area contributed by atoms with Crippen LogP contribution in [-0.4, -0.2) is 26.8 Å². The van der Waals surface area contributed by atoms with Gasteiger partial charge in [-0.15, -0.1) is 0 Å². The van der Waals surface area contributed by atoms with Crippen molar-refractivity contribution < 1.29 is 12.6 Å². The summed E-state index contributed by atoms with van der Waals surface area (Å²) < 4.78 is 28.3. The molecule has 0 aromatic heterocycles. The third-order valence-corrected chi connectivity index (χ3v) is 3.00. The van der Waals surface area contributed by atoms with Crippen LogP contribution >= 0.6 is 11.6 Å². The van der Waals surface area contributed by atoms with Gasteiger partial charge in [0, 0.05) is 14.1 Å². The minimum absolute atomic E-state index is 0.0964. The average molecular weight is 235 g/mol. The molecule has 1 radical (unpaired) electrons. The molecule has 0 aliphatic carbocycles. The maximum absolute atomic E-state index is 11.3. The van der Waals surface area contributed by atoms with Crippen LogP contribution in [0, 0.1) is 6.07 Å². The van der Waals surface area contributed by atoms with Gasteiger partial charge in [-0.2, -0.15) is 12.7 Å². The number of hydrogen-bond donors (Lipinski definition) is 0. The quantitative estimate of drug-likeness (QED) is 0.793. The lowest BCUT2D eigenvalue weighted by Gasteiger charge is -2.12. The van der Waals surface area contributed by atoms with Crippen molar-refractivity contribution in [3.05, 3.63) is 29.3 Å². The van der Waals surface area contributed by atoms with Crippen LogP contribution in [0.3, 0.4) is 0 Å². The molecule has 0 spiro atoms. The Morgan fingerprint density at radius 2 is 2.14 bits per heavy atom. The van der Waals surface area contributed by atoms with Gasteiger partial charge in [0.15, 0.2) is 5.75 Å². The van der Waals surface area contributed by atoms with Crippen LogP contribution in [0.2, 0.25) is 5.02 Å². The molecule has 0 saturated heterocycles. The summed E-state index contributed by atoms with van der Waals surface area (Å²) in [6.07, 6.45) is 0. The summed E-state index contributed by atoms with van der Waals surface area (Å²) in [6.45, 7) is 0. The van der Waals surface area contributed by atoms with Crippen LogP contribution in [0.5, 0.6) is 5.75 Å². The molecule has 1 aromatic carbocycles. The van der Waals surface area contributed by atoms with Crippen molar-refractivity contribution in [3.8, 4) is 5.75 Å². The van der Waals surface area contributed by atoms with E-state index in [9.17, 15) is 8.42 Å². The standard InChI is InChI=1S/C8H9ClNO3S/c1-10(2)14(11,12)13-8-6-4-3-5-7(8)9/h4-6H,1-2H3. The van der Waals surface area contributed by atoms with E-state index in [1.165, 1.54) is 32.3 Å². The molecule has 0 atom stereocenters. The number of nitrogens with zero attached hydrogens (tertiary/aromatic N) is 1. The molecule has 0 fully saturated rings. The van der Waals surface area contributed by atoms with Crippen LogP contribution in [0.1, 0.15) is 0 Å². The Kier molecular flexibility index (Phi) is 3.36. The van der Waals surface area contributed by atoms with Gasteiger partial charge in [-0.25, -0.2) is 0 Å². The zero-order valence-corrected chi connectivity index (χ0v) is 9.26. The fourth-order valence-corrected chi connectivity index (χ4v) is 1.38. The van der Waals surface area contributed by atoms with Gasteiger partial charge >= 0.3 is 10.3 Å². The fourth-order valence-electron chi connectivity index (χ4n) is 0.651. The zero-order chi connectivity index (χ0) is 10.8. The first kappa shape index (κ1) is 11.3. The molecule has 0 saturated carbocycles. The van der Waals surface area contributed by atoms with Crippen molar-refractivity contribution in [2.24, 2.45) is 0 Å². The van der Waals surface area contributed by atoms with Crippen molar-refractivity contribution in [2.75, 3.05) is 14.1 Å². The van der Waals surface area contributed by atoms with Gasteiger partial charge < -0.3 is 4.18 Å². The third-order valence-electron chi connectivity index (χ3n) is 1.42. The van der Waals surface area contributed by atoms with Gasteiger partial charge in [0.1, 0.15) is 0 Å². The second-order valence-electron chi connectivity index (χ2n) is 2.68. The summed E-state index contributed by atoms with van der Waals surface area (Å²) >= 11 is 5.70. The van der Waals surface area contributed by atoms with Crippen LogP contribution in [-0.2, 0) is 10.3 Å². The summed E-state index contributed by atoms with van der Waals surface area (Å²) in [6, 6.07) is 7.08. The predicted molar refractivity (Wildman–Crippen MR) is 53.5 cm³/mol. The topological polar surface area (TPSA) is 46.6 Å². The Labute approximate surface area is 88.3 Å². The normalized spacial score (nSPS) is 11.7. The van der Waals surface area contributed by atoms with E-state index in [-0.39, 0.29) is 10.8 Å². The lowest BCUT2D eigenvalue weighted by Crippen LogP contribution is -2.27. The molecule has 0 N–H and O–H groups in total. The minimum atomic E-state index is -3.74. The fraction of sp³-hybridized carbons (Fsp3) is 0.250. The maximum atomic E-state index is 11.3. The highest BCUT2D eigenvalue weighted by molar-refractivity contribution is 7.84. The summed E-state index contributed by atoms with van der Waals surface area (Å²) in [5.74, 6) is 0.0964. The van der Waals surface area contributed by atoms with E-state index in [0.717, 1.165) is 4.31 Å². The Balaban J connectivity index is 2.96. The summed E-state index contributed by atoms with van der Waals surface area (Å²) in [7, 11) is -0.992. The largest absolute Gasteiger partial charge is 0.384 e. The van der Waals surface area contributed by atoms with Gasteiger partial charge in [0.25, 0.3) is 0 Å². The third kappa shape index (κ3) is 2.60. The van der Waals surface area contributed by atoms with Crippen molar-refractivity contribution in [1.82, 2.24) is 4.31 Å². The van der Waals surface area contributed by atoms with Crippen LogP contribution in [0.25, 0.3) is 0 Å². The minimum Gasteiger partial charge on any atom is -0.369 e. The van der Waals surface area contributed by atoms with Crippen LogP contribution < -0.4 is 4.18 Å². The van der Waals surface area contributed by atoms with Gasteiger partial charge in [0.05, 0.1) is 5.02 Å². The Morgan fingerprint density at radius 1 is 1.50 bits per heavy atom. The smallest absolute Gasteiger partial charge is 0.369 e. The molecule has 6 heteroatoms. The molecule has 1 aromatic rings. The molecule has 0 bridgehead atoms. The highest BCUT2D eigenvalue weighted by Crippen LogP contribution is 2.24. The predicted octanol–water partition coefficient (Wildman–Crippen LogP) is 1.33. The van der Waals surface area contributed by atoms with E-state index >= 15 is 0 Å². The second kappa shape index (κ2) is 4.16. The van der Waals surface area contributed by atoms with Gasteiger partial charge in [-0.05, 0) is 18.2 Å². The monoisotopic (exact) mass is 234 g/mol. The van der Waals surface area contributed by atoms with E-state index in [0.29, 0.717) is 0 Å². The first-order valence-electron chi connectivity index (χ1n) is 3.71. The summed E-state index contributed by atoms with van der Waals surface area (Å²) in [4.78, 5) is 0. The van der Waals surface area contributed by atoms with Gasteiger partial charge in [-0.3, -0.25) is 0 Å². The summed E-state index contributed by atoms with van der Waals surface area (Å²) in [5, 5.41) is 0.206. The van der Waals surface area contributed by atoms with Crippen molar-refractivity contribution in [1.29, 1.82) is 0 Å². The Bertz CT molecular complexity index is 416. The number of halogens is 1. The molecule has 1 rings (SSSR count). The Hall–Kier alpha value is -0.780. The van der Waals surface area contributed by atoms with Gasteiger partial charge in [-0.1, -0.05) is 17.7 Å². The number of hydrogen-bond acceptors (Lipinski definition) is 3. The zero-order valence-electron chi connectivity index (χ0n) is 7.69. The molecule has 0 amide bonds. The molecule has 77 valence electrons. The number of rotatable bonds is 3. The molecule has 14 heavy (non-hydrogen) atoms. The highest BCUT2D eigenvalue weighted by atomic mass is 35.5. The molecule has 0 heterocycles. The van der Waals surface area contributed by atoms with Crippen LogP contribution in [0.15, 0.2) is 18.2 Å². The molecule has 0 aliphatic heterocycles. The Morgan fingerprint density at radius 3 is 2.64 bits per heavy atom. The molecular formula is C8H9ClNO3S. The highest BCUT2D eigenvalue weighted by Gasteiger charge is 2.16. The van der Waals surface area contributed by atoms with E-state index < -0.39 is 10.3 Å². The average Bonchev–Trinajstić information content (AvgIpc) is 2.08. The first-order chi connectivity index (χ1) is 6.43. The SMILES string of the molecule is CN(C)S(=O)(=O)Oc1cc[c]cc1Cl. The maximum Gasteiger partial charge on any atom is 0.384 e. The molecule has 0 unspecified atom stereocenters.